The standard InChI is InChI=1S/C20H29N3O2/c1-21-19(24)17-6-4-5-7-18(17)20(25)23(3)11-14-8-9-15-12-22(2)13-16(15)10-14/h8-10,17-18H,4-7,11-13H2,1-3H3,(H,21,24). The van der Waals surface area contributed by atoms with Gasteiger partial charge in [0.2, 0.25) is 11.8 Å². The first-order valence-corrected chi connectivity index (χ1v) is 9.25. The Kier molecular flexibility index (Phi) is 5.42. The fourth-order valence-electron chi connectivity index (χ4n) is 4.28. The lowest BCUT2D eigenvalue weighted by Crippen LogP contribution is -2.43. The Morgan fingerprint density at radius 2 is 1.84 bits per heavy atom. The zero-order valence-corrected chi connectivity index (χ0v) is 15.5. The molecule has 2 atom stereocenters. The number of nitrogens with one attached hydrogen (secondary N) is 1. The van der Waals surface area contributed by atoms with Crippen LogP contribution in [0, 0.1) is 11.8 Å². The zero-order valence-electron chi connectivity index (χ0n) is 15.5. The van der Waals surface area contributed by atoms with Gasteiger partial charge in [-0.05, 0) is 36.6 Å². The molecule has 1 aromatic carbocycles. The van der Waals surface area contributed by atoms with Crippen molar-refractivity contribution < 1.29 is 9.59 Å². The second-order valence-corrected chi connectivity index (χ2v) is 7.58. The van der Waals surface area contributed by atoms with E-state index in [9.17, 15) is 9.59 Å². The summed E-state index contributed by atoms with van der Waals surface area (Å²) >= 11 is 0. The normalized spacial score (nSPS) is 23.2. The van der Waals surface area contributed by atoms with Crippen molar-refractivity contribution in [3.63, 3.8) is 0 Å². The monoisotopic (exact) mass is 343 g/mol. The van der Waals surface area contributed by atoms with Crippen molar-refractivity contribution in [2.75, 3.05) is 21.1 Å². The molecular weight excluding hydrogens is 314 g/mol. The predicted octanol–water partition coefficient (Wildman–Crippen LogP) is 2.14. The molecule has 1 aliphatic heterocycles. The maximum absolute atomic E-state index is 13.0. The van der Waals surface area contributed by atoms with Crippen LogP contribution >= 0.6 is 0 Å². The van der Waals surface area contributed by atoms with E-state index >= 15 is 0 Å². The first-order chi connectivity index (χ1) is 12.0. The number of benzene rings is 1. The second kappa shape index (κ2) is 7.56. The van der Waals surface area contributed by atoms with Gasteiger partial charge in [0.25, 0.3) is 0 Å². The molecular formula is C20H29N3O2. The van der Waals surface area contributed by atoms with E-state index in [1.54, 1.807) is 11.9 Å². The van der Waals surface area contributed by atoms with Gasteiger partial charge in [-0.1, -0.05) is 31.0 Å². The summed E-state index contributed by atoms with van der Waals surface area (Å²) in [7, 11) is 5.64. The minimum Gasteiger partial charge on any atom is -0.359 e. The van der Waals surface area contributed by atoms with Crippen LogP contribution in [0.2, 0.25) is 0 Å². The first kappa shape index (κ1) is 17.9. The van der Waals surface area contributed by atoms with E-state index < -0.39 is 0 Å². The number of amides is 2. The molecule has 2 aliphatic rings. The molecule has 5 heteroatoms. The van der Waals surface area contributed by atoms with Gasteiger partial charge in [0.05, 0.1) is 0 Å². The lowest BCUT2D eigenvalue weighted by atomic mass is 9.78. The molecule has 3 rings (SSSR count). The number of nitrogens with zero attached hydrogens (tertiary/aromatic N) is 2. The largest absolute Gasteiger partial charge is 0.359 e. The number of carbonyl (C=O) groups is 2. The van der Waals surface area contributed by atoms with Crippen LogP contribution in [0.5, 0.6) is 0 Å². The van der Waals surface area contributed by atoms with Crippen LogP contribution in [0.4, 0.5) is 0 Å². The molecule has 2 amide bonds. The minimum absolute atomic E-state index is 0.00650. The summed E-state index contributed by atoms with van der Waals surface area (Å²) in [6, 6.07) is 6.53. The third kappa shape index (κ3) is 3.87. The molecule has 1 N–H and O–H groups in total. The maximum atomic E-state index is 13.0. The fraction of sp³-hybridized carbons (Fsp3) is 0.600. The van der Waals surface area contributed by atoms with Crippen molar-refractivity contribution in [1.29, 1.82) is 0 Å². The first-order valence-electron chi connectivity index (χ1n) is 9.25. The van der Waals surface area contributed by atoms with Crippen molar-refractivity contribution in [2.24, 2.45) is 11.8 Å². The molecule has 136 valence electrons. The Balaban J connectivity index is 1.68. The quantitative estimate of drug-likeness (QED) is 0.911. The van der Waals surface area contributed by atoms with Gasteiger partial charge >= 0.3 is 0 Å². The smallest absolute Gasteiger partial charge is 0.226 e. The van der Waals surface area contributed by atoms with Crippen LogP contribution in [0.1, 0.15) is 42.4 Å². The van der Waals surface area contributed by atoms with Crippen LogP contribution in [-0.2, 0) is 29.2 Å². The lowest BCUT2D eigenvalue weighted by Gasteiger charge is -2.32. The van der Waals surface area contributed by atoms with Crippen molar-refractivity contribution in [1.82, 2.24) is 15.1 Å². The van der Waals surface area contributed by atoms with Crippen LogP contribution < -0.4 is 5.32 Å². The third-order valence-electron chi connectivity index (χ3n) is 5.61. The highest BCUT2D eigenvalue weighted by Crippen LogP contribution is 2.32. The molecule has 0 saturated heterocycles. The molecule has 5 nitrogen and oxygen atoms in total. The fourth-order valence-corrected chi connectivity index (χ4v) is 4.28. The molecule has 1 aliphatic carbocycles. The summed E-state index contributed by atoms with van der Waals surface area (Å²) < 4.78 is 0. The molecule has 0 radical (unpaired) electrons. The van der Waals surface area contributed by atoms with Gasteiger partial charge in [-0.2, -0.15) is 0 Å². The van der Waals surface area contributed by atoms with Gasteiger partial charge in [-0.25, -0.2) is 0 Å². The molecule has 0 spiro atoms. The Morgan fingerprint density at radius 3 is 2.56 bits per heavy atom. The van der Waals surface area contributed by atoms with Crippen LogP contribution in [0.3, 0.4) is 0 Å². The average molecular weight is 343 g/mol. The number of hydrogen-bond donors (Lipinski definition) is 1. The van der Waals surface area contributed by atoms with Gasteiger partial charge in [0.15, 0.2) is 0 Å². The van der Waals surface area contributed by atoms with E-state index in [0.29, 0.717) is 6.54 Å². The molecule has 1 saturated carbocycles. The number of hydrogen-bond acceptors (Lipinski definition) is 3. The van der Waals surface area contributed by atoms with E-state index in [0.717, 1.165) is 44.3 Å². The Morgan fingerprint density at radius 1 is 1.16 bits per heavy atom. The van der Waals surface area contributed by atoms with Crippen LogP contribution in [-0.4, -0.2) is 42.8 Å². The van der Waals surface area contributed by atoms with E-state index in [4.69, 9.17) is 0 Å². The molecule has 1 aromatic rings. The van der Waals surface area contributed by atoms with Crippen LogP contribution in [0.25, 0.3) is 0 Å². The average Bonchev–Trinajstić information content (AvgIpc) is 2.99. The van der Waals surface area contributed by atoms with Crippen molar-refractivity contribution >= 4 is 11.8 Å². The Labute approximate surface area is 150 Å². The van der Waals surface area contributed by atoms with Crippen molar-refractivity contribution in [3.8, 4) is 0 Å². The van der Waals surface area contributed by atoms with E-state index in [1.165, 1.54) is 11.1 Å². The van der Waals surface area contributed by atoms with Gasteiger partial charge < -0.3 is 10.2 Å². The minimum atomic E-state index is -0.181. The van der Waals surface area contributed by atoms with Gasteiger partial charge in [-0.15, -0.1) is 0 Å². The Bertz CT molecular complexity index is 658. The second-order valence-electron chi connectivity index (χ2n) is 7.58. The molecule has 1 heterocycles. The highest BCUT2D eigenvalue weighted by molar-refractivity contribution is 5.87. The summed E-state index contributed by atoms with van der Waals surface area (Å²) in [6.07, 6.45) is 3.69. The summed E-state index contributed by atoms with van der Waals surface area (Å²) in [5, 5.41) is 2.73. The molecule has 2 unspecified atom stereocenters. The lowest BCUT2D eigenvalue weighted by molar-refractivity contribution is -0.142. The number of carbonyl (C=O) groups excluding carboxylic acids is 2. The zero-order chi connectivity index (χ0) is 18.0. The van der Waals surface area contributed by atoms with E-state index in [2.05, 4.69) is 35.5 Å². The summed E-state index contributed by atoms with van der Waals surface area (Å²) in [5.41, 5.74) is 3.91. The number of rotatable bonds is 4. The van der Waals surface area contributed by atoms with Gasteiger partial charge in [0.1, 0.15) is 0 Å². The summed E-state index contributed by atoms with van der Waals surface area (Å²) in [6.45, 7) is 2.58. The van der Waals surface area contributed by atoms with E-state index in [1.807, 2.05) is 7.05 Å². The third-order valence-corrected chi connectivity index (χ3v) is 5.61. The van der Waals surface area contributed by atoms with Crippen molar-refractivity contribution in [3.05, 3.63) is 34.9 Å². The Hall–Kier alpha value is -1.88. The van der Waals surface area contributed by atoms with Crippen molar-refractivity contribution in [2.45, 2.75) is 45.3 Å². The summed E-state index contributed by atoms with van der Waals surface area (Å²) in [5.74, 6) is -0.250. The predicted molar refractivity (Wildman–Crippen MR) is 97.6 cm³/mol. The van der Waals surface area contributed by atoms with E-state index in [-0.39, 0.29) is 23.7 Å². The topological polar surface area (TPSA) is 52.7 Å². The van der Waals surface area contributed by atoms with Gasteiger partial charge in [-0.3, -0.25) is 14.5 Å². The van der Waals surface area contributed by atoms with Gasteiger partial charge in [0, 0.05) is 45.6 Å². The number of fused-ring (bicyclic) bond motifs is 1. The maximum Gasteiger partial charge on any atom is 0.226 e. The molecule has 0 bridgehead atoms. The highest BCUT2D eigenvalue weighted by atomic mass is 16.2. The molecule has 0 aromatic heterocycles. The SMILES string of the molecule is CNC(=O)C1CCCCC1C(=O)N(C)Cc1ccc2c(c1)CN(C)C2. The molecule has 25 heavy (non-hydrogen) atoms. The molecule has 1 fully saturated rings. The summed E-state index contributed by atoms with van der Waals surface area (Å²) in [4.78, 5) is 29.2. The van der Waals surface area contributed by atoms with Crippen LogP contribution in [0.15, 0.2) is 18.2 Å². The highest BCUT2D eigenvalue weighted by Gasteiger charge is 2.36.